The van der Waals surface area contributed by atoms with Gasteiger partial charge in [-0.05, 0) is 46.5 Å². The van der Waals surface area contributed by atoms with Gasteiger partial charge in [0.25, 0.3) is 0 Å². The van der Waals surface area contributed by atoms with Crippen molar-refractivity contribution in [3.63, 3.8) is 0 Å². The third-order valence-corrected chi connectivity index (χ3v) is 4.10. The van der Waals surface area contributed by atoms with Crippen molar-refractivity contribution in [3.8, 4) is 0 Å². The van der Waals surface area contributed by atoms with Crippen LogP contribution in [0, 0.1) is 0 Å². The number of carbonyl (C=O) groups is 1. The van der Waals surface area contributed by atoms with Gasteiger partial charge in [0.2, 0.25) is 5.91 Å². The normalized spacial score (nSPS) is 12.2. The molecule has 1 atom stereocenters. The van der Waals surface area contributed by atoms with E-state index >= 15 is 0 Å². The highest BCUT2D eigenvalue weighted by molar-refractivity contribution is 5.83. The van der Waals surface area contributed by atoms with Crippen molar-refractivity contribution in [2.24, 2.45) is 7.05 Å². The fraction of sp³-hybridized carbons (Fsp3) is 0.333. The molecule has 1 amide bonds. The molecule has 2 aromatic carbocycles. The highest BCUT2D eigenvalue weighted by Crippen LogP contribution is 2.17. The Labute approximate surface area is 140 Å². The van der Waals surface area contributed by atoms with Gasteiger partial charge in [0, 0.05) is 13.5 Å². The van der Waals surface area contributed by atoms with Crippen molar-refractivity contribution in [3.05, 3.63) is 53.9 Å². The van der Waals surface area contributed by atoms with E-state index in [2.05, 4.69) is 51.2 Å². The van der Waals surface area contributed by atoms with E-state index in [0.29, 0.717) is 12.2 Å². The van der Waals surface area contributed by atoms with Gasteiger partial charge >= 0.3 is 0 Å². The predicted molar refractivity (Wildman–Crippen MR) is 92.2 cm³/mol. The van der Waals surface area contributed by atoms with Crippen molar-refractivity contribution in [2.75, 3.05) is 0 Å². The number of tetrazole rings is 1. The van der Waals surface area contributed by atoms with E-state index in [1.807, 2.05) is 19.1 Å². The first-order valence-electron chi connectivity index (χ1n) is 8.13. The molecule has 0 saturated heterocycles. The second kappa shape index (κ2) is 7.21. The molecule has 1 heterocycles. The molecular formula is C18H21N5O. The van der Waals surface area contributed by atoms with E-state index < -0.39 is 0 Å². The highest BCUT2D eigenvalue weighted by Gasteiger charge is 2.14. The van der Waals surface area contributed by atoms with Crippen LogP contribution in [0.5, 0.6) is 0 Å². The number of hydrogen-bond donors (Lipinski definition) is 1. The summed E-state index contributed by atoms with van der Waals surface area (Å²) in [6.45, 7) is 1.88. The van der Waals surface area contributed by atoms with E-state index in [4.69, 9.17) is 0 Å². The lowest BCUT2D eigenvalue weighted by Crippen LogP contribution is -2.28. The first-order chi connectivity index (χ1) is 11.6. The molecule has 0 aliphatic carbocycles. The minimum absolute atomic E-state index is 0.0197. The van der Waals surface area contributed by atoms with Crippen molar-refractivity contribution in [1.29, 1.82) is 0 Å². The second-order valence-electron chi connectivity index (χ2n) is 5.98. The van der Waals surface area contributed by atoms with E-state index in [1.165, 1.54) is 16.3 Å². The number of amides is 1. The molecule has 3 aromatic rings. The predicted octanol–water partition coefficient (Wildman–Crippen LogP) is 2.56. The van der Waals surface area contributed by atoms with Crippen LogP contribution in [0.1, 0.15) is 37.2 Å². The van der Waals surface area contributed by atoms with Crippen molar-refractivity contribution >= 4 is 16.7 Å². The van der Waals surface area contributed by atoms with Gasteiger partial charge in [-0.25, -0.2) is 4.68 Å². The Bertz CT molecular complexity index is 842. The number of aryl methyl sites for hydroxylation is 2. The number of carbonyl (C=O) groups excluding carboxylic acids is 1. The first kappa shape index (κ1) is 16.1. The van der Waals surface area contributed by atoms with Gasteiger partial charge in [-0.1, -0.05) is 42.5 Å². The second-order valence-corrected chi connectivity index (χ2v) is 5.98. The average molecular weight is 323 g/mol. The molecule has 24 heavy (non-hydrogen) atoms. The summed E-state index contributed by atoms with van der Waals surface area (Å²) in [5, 5.41) is 16.7. The van der Waals surface area contributed by atoms with Crippen LogP contribution in [0.15, 0.2) is 42.5 Å². The number of hydrogen-bond acceptors (Lipinski definition) is 4. The third kappa shape index (κ3) is 3.76. The smallest absolute Gasteiger partial charge is 0.220 e. The number of benzene rings is 2. The van der Waals surface area contributed by atoms with E-state index in [0.717, 1.165) is 12.8 Å². The summed E-state index contributed by atoms with van der Waals surface area (Å²) in [7, 11) is 1.76. The molecule has 0 aliphatic heterocycles. The molecule has 1 N–H and O–H groups in total. The van der Waals surface area contributed by atoms with Crippen LogP contribution in [0.4, 0.5) is 0 Å². The molecule has 1 aromatic heterocycles. The van der Waals surface area contributed by atoms with Crippen LogP contribution < -0.4 is 5.32 Å². The third-order valence-electron chi connectivity index (χ3n) is 4.10. The Morgan fingerprint density at radius 3 is 2.75 bits per heavy atom. The summed E-state index contributed by atoms with van der Waals surface area (Å²) in [5.74, 6) is 0.671. The van der Waals surface area contributed by atoms with Crippen LogP contribution >= 0.6 is 0 Å². The number of fused-ring (bicyclic) bond motifs is 1. The summed E-state index contributed by atoms with van der Waals surface area (Å²) in [4.78, 5) is 12.1. The van der Waals surface area contributed by atoms with Gasteiger partial charge in [-0.3, -0.25) is 4.79 Å². The zero-order valence-corrected chi connectivity index (χ0v) is 13.9. The molecule has 0 saturated carbocycles. The van der Waals surface area contributed by atoms with Crippen molar-refractivity contribution < 1.29 is 4.79 Å². The maximum Gasteiger partial charge on any atom is 0.220 e. The van der Waals surface area contributed by atoms with Crippen LogP contribution in [0.2, 0.25) is 0 Å². The van der Waals surface area contributed by atoms with Crippen LogP contribution in [-0.4, -0.2) is 26.1 Å². The van der Waals surface area contributed by atoms with Gasteiger partial charge in [0.05, 0.1) is 6.04 Å². The van der Waals surface area contributed by atoms with E-state index in [1.54, 1.807) is 11.7 Å². The van der Waals surface area contributed by atoms with Crippen LogP contribution in [0.3, 0.4) is 0 Å². The first-order valence-corrected chi connectivity index (χ1v) is 8.13. The SMILES string of the molecule is C[C@@H](NC(=O)CCCc1ccc2ccccc2c1)c1nnnn1C. The standard InChI is InChI=1S/C18H21N5O/c1-13(18-20-21-22-23(18)2)19-17(24)9-5-6-14-10-11-15-7-3-4-8-16(15)12-14/h3-4,7-8,10-13H,5-6,9H2,1-2H3,(H,19,24)/t13-/m1/s1. The van der Waals surface area contributed by atoms with Gasteiger partial charge in [-0.2, -0.15) is 0 Å². The van der Waals surface area contributed by atoms with E-state index in [9.17, 15) is 4.79 Å². The summed E-state index contributed by atoms with van der Waals surface area (Å²) < 4.78 is 1.57. The monoisotopic (exact) mass is 323 g/mol. The molecule has 3 rings (SSSR count). The molecular weight excluding hydrogens is 302 g/mol. The molecule has 6 nitrogen and oxygen atoms in total. The van der Waals surface area contributed by atoms with Gasteiger partial charge in [0.15, 0.2) is 5.82 Å². The molecule has 6 heteroatoms. The zero-order chi connectivity index (χ0) is 16.9. The summed E-state index contributed by atoms with van der Waals surface area (Å²) >= 11 is 0. The quantitative estimate of drug-likeness (QED) is 0.756. The molecule has 124 valence electrons. The Kier molecular flexibility index (Phi) is 4.84. The fourth-order valence-corrected chi connectivity index (χ4v) is 2.83. The molecule has 0 fully saturated rings. The lowest BCUT2D eigenvalue weighted by Gasteiger charge is -2.12. The minimum atomic E-state index is -0.196. The summed E-state index contributed by atoms with van der Waals surface area (Å²) in [5.41, 5.74) is 1.26. The van der Waals surface area contributed by atoms with Crippen molar-refractivity contribution in [2.45, 2.75) is 32.2 Å². The summed E-state index contributed by atoms with van der Waals surface area (Å²) in [6, 6.07) is 14.6. The number of nitrogens with one attached hydrogen (secondary N) is 1. The molecule has 0 unspecified atom stereocenters. The Balaban J connectivity index is 1.50. The molecule has 0 aliphatic rings. The Morgan fingerprint density at radius 2 is 2.00 bits per heavy atom. The van der Waals surface area contributed by atoms with Gasteiger partial charge < -0.3 is 5.32 Å². The number of nitrogens with zero attached hydrogens (tertiary/aromatic N) is 4. The van der Waals surface area contributed by atoms with Crippen LogP contribution in [-0.2, 0) is 18.3 Å². The van der Waals surface area contributed by atoms with Crippen LogP contribution in [0.25, 0.3) is 10.8 Å². The Morgan fingerprint density at radius 1 is 1.21 bits per heavy atom. The maximum absolute atomic E-state index is 12.1. The highest BCUT2D eigenvalue weighted by atomic mass is 16.1. The van der Waals surface area contributed by atoms with Gasteiger partial charge in [-0.15, -0.1) is 5.10 Å². The summed E-state index contributed by atoms with van der Waals surface area (Å²) in [6.07, 6.45) is 2.19. The topological polar surface area (TPSA) is 72.7 Å². The Hall–Kier alpha value is -2.76. The van der Waals surface area contributed by atoms with Gasteiger partial charge in [0.1, 0.15) is 0 Å². The largest absolute Gasteiger partial charge is 0.346 e. The zero-order valence-electron chi connectivity index (χ0n) is 13.9. The maximum atomic E-state index is 12.1. The molecule has 0 bridgehead atoms. The minimum Gasteiger partial charge on any atom is -0.346 e. The lowest BCUT2D eigenvalue weighted by molar-refractivity contribution is -0.121. The number of rotatable bonds is 6. The number of aromatic nitrogens is 4. The molecule has 0 spiro atoms. The fourth-order valence-electron chi connectivity index (χ4n) is 2.83. The lowest BCUT2D eigenvalue weighted by atomic mass is 10.0. The molecule has 0 radical (unpaired) electrons. The van der Waals surface area contributed by atoms with E-state index in [-0.39, 0.29) is 11.9 Å². The van der Waals surface area contributed by atoms with Crippen molar-refractivity contribution in [1.82, 2.24) is 25.5 Å². The average Bonchev–Trinajstić information content (AvgIpc) is 3.01.